The second-order valence-corrected chi connectivity index (χ2v) is 7.66. The van der Waals surface area contributed by atoms with Gasteiger partial charge in [-0.3, -0.25) is 14.8 Å². The van der Waals surface area contributed by atoms with Crippen LogP contribution in [-0.4, -0.2) is 15.1 Å². The zero-order valence-electron chi connectivity index (χ0n) is 14.5. The first kappa shape index (κ1) is 19.5. The second kappa shape index (κ2) is 7.23. The van der Waals surface area contributed by atoms with Crippen molar-refractivity contribution < 1.29 is 23.0 Å². The van der Waals surface area contributed by atoms with E-state index in [1.54, 1.807) is 6.07 Å². The number of thiazole rings is 1. The molecule has 10 heteroatoms. The van der Waals surface area contributed by atoms with E-state index in [9.17, 15) is 23.1 Å². The molecule has 5 nitrogen and oxygen atoms in total. The lowest BCUT2D eigenvalue weighted by Crippen LogP contribution is -2.05. The number of fused-ring (bicyclic) bond motifs is 1. The van der Waals surface area contributed by atoms with Crippen LogP contribution in [0.4, 0.5) is 13.2 Å². The van der Waals surface area contributed by atoms with E-state index in [1.165, 1.54) is 6.20 Å². The third-order valence-electron chi connectivity index (χ3n) is 4.32. The SMILES string of the molecule is O=c1[nH]c(O)c(C2=CCCc3cc(Oc4ccc(C(F)(F)F)cc4Cl)cnc32)s1. The van der Waals surface area contributed by atoms with Crippen LogP contribution >= 0.6 is 22.9 Å². The fourth-order valence-electron chi connectivity index (χ4n) is 3.04. The summed E-state index contributed by atoms with van der Waals surface area (Å²) in [5.41, 5.74) is 1.21. The van der Waals surface area contributed by atoms with Crippen LogP contribution in [0.15, 0.2) is 41.3 Å². The fourth-order valence-corrected chi connectivity index (χ4v) is 4.03. The molecule has 2 heterocycles. The number of hydrogen-bond donors (Lipinski definition) is 2. The predicted molar refractivity (Wildman–Crippen MR) is 103 cm³/mol. The quantitative estimate of drug-likeness (QED) is 0.573. The Kier molecular flexibility index (Phi) is 4.87. The minimum Gasteiger partial charge on any atom is -0.493 e. The Morgan fingerprint density at radius 1 is 1.28 bits per heavy atom. The fraction of sp³-hybridized carbons (Fsp3) is 0.158. The lowest BCUT2D eigenvalue weighted by atomic mass is 9.94. The van der Waals surface area contributed by atoms with E-state index in [4.69, 9.17) is 16.3 Å². The van der Waals surface area contributed by atoms with Gasteiger partial charge in [-0.2, -0.15) is 13.2 Å². The molecule has 4 rings (SSSR count). The zero-order valence-corrected chi connectivity index (χ0v) is 16.1. The molecule has 0 atom stereocenters. The summed E-state index contributed by atoms with van der Waals surface area (Å²) in [4.78, 5) is 18.2. The summed E-state index contributed by atoms with van der Waals surface area (Å²) in [6.07, 6.45) is 0.136. The standard InChI is InChI=1S/C19H12ClF3N2O3S/c20-13-7-10(19(21,22)23)4-5-14(13)28-11-6-9-2-1-3-12(15(9)24-8-11)16-17(26)25-18(27)29-16/h3-8,26H,1-2H2,(H,25,27). The Morgan fingerprint density at radius 2 is 2.07 bits per heavy atom. The van der Waals surface area contributed by atoms with Gasteiger partial charge in [0, 0.05) is 5.57 Å². The number of H-pyrrole nitrogens is 1. The van der Waals surface area contributed by atoms with Gasteiger partial charge in [0.1, 0.15) is 16.4 Å². The van der Waals surface area contributed by atoms with Gasteiger partial charge in [-0.15, -0.1) is 0 Å². The van der Waals surface area contributed by atoms with Gasteiger partial charge in [0.2, 0.25) is 5.88 Å². The summed E-state index contributed by atoms with van der Waals surface area (Å²) in [6, 6.07) is 4.58. The Bertz CT molecular complexity index is 1180. The van der Waals surface area contributed by atoms with Crippen LogP contribution in [0.3, 0.4) is 0 Å². The Balaban J connectivity index is 1.64. The van der Waals surface area contributed by atoms with Gasteiger partial charge in [-0.1, -0.05) is 29.0 Å². The summed E-state index contributed by atoms with van der Waals surface area (Å²) >= 11 is 6.82. The maximum atomic E-state index is 12.8. The van der Waals surface area contributed by atoms with Crippen molar-refractivity contribution in [2.24, 2.45) is 0 Å². The molecular weight excluding hydrogens is 429 g/mol. The molecule has 0 amide bonds. The summed E-state index contributed by atoms with van der Waals surface area (Å²) in [7, 11) is 0. The number of alkyl halides is 3. The third-order valence-corrected chi connectivity index (χ3v) is 5.52. The molecule has 0 spiro atoms. The number of aromatic nitrogens is 2. The molecule has 0 saturated heterocycles. The molecule has 150 valence electrons. The summed E-state index contributed by atoms with van der Waals surface area (Å²) < 4.78 is 43.9. The normalized spacial score (nSPS) is 13.7. The van der Waals surface area contributed by atoms with Crippen molar-refractivity contribution >= 4 is 28.5 Å². The number of allylic oxidation sites excluding steroid dienone is 1. The summed E-state index contributed by atoms with van der Waals surface area (Å²) in [5, 5.41) is 9.77. The lowest BCUT2D eigenvalue weighted by molar-refractivity contribution is -0.137. The van der Waals surface area contributed by atoms with Crippen LogP contribution in [0, 0.1) is 0 Å². The molecule has 2 N–H and O–H groups in total. The first-order valence-corrected chi connectivity index (χ1v) is 9.58. The smallest absolute Gasteiger partial charge is 0.416 e. The van der Waals surface area contributed by atoms with Gasteiger partial charge >= 0.3 is 11.0 Å². The van der Waals surface area contributed by atoms with E-state index in [2.05, 4.69) is 9.97 Å². The van der Waals surface area contributed by atoms with Crippen LogP contribution in [-0.2, 0) is 12.6 Å². The van der Waals surface area contributed by atoms with E-state index >= 15 is 0 Å². The number of benzene rings is 1. The van der Waals surface area contributed by atoms with Crippen LogP contribution in [0.1, 0.15) is 28.1 Å². The van der Waals surface area contributed by atoms with Gasteiger partial charge in [-0.25, -0.2) is 0 Å². The summed E-state index contributed by atoms with van der Waals surface area (Å²) in [6.45, 7) is 0. The molecule has 1 aromatic carbocycles. The van der Waals surface area contributed by atoms with Crippen molar-refractivity contribution in [1.82, 2.24) is 9.97 Å². The largest absolute Gasteiger partial charge is 0.493 e. The average Bonchev–Trinajstić information content (AvgIpc) is 3.00. The highest BCUT2D eigenvalue weighted by molar-refractivity contribution is 7.10. The molecular formula is C19H12ClF3N2O3S. The number of nitrogens with one attached hydrogen (secondary N) is 1. The Hall–Kier alpha value is -2.78. The number of halogens is 4. The maximum Gasteiger partial charge on any atom is 0.416 e. The van der Waals surface area contributed by atoms with Crippen LogP contribution in [0.2, 0.25) is 5.02 Å². The van der Waals surface area contributed by atoms with Crippen molar-refractivity contribution in [1.29, 1.82) is 0 Å². The van der Waals surface area contributed by atoms with Crippen molar-refractivity contribution in [3.63, 3.8) is 0 Å². The molecule has 0 unspecified atom stereocenters. The van der Waals surface area contributed by atoms with Crippen molar-refractivity contribution in [2.45, 2.75) is 19.0 Å². The molecule has 2 aromatic heterocycles. The van der Waals surface area contributed by atoms with Crippen LogP contribution in [0.5, 0.6) is 17.4 Å². The minimum atomic E-state index is -4.49. The van der Waals surface area contributed by atoms with Gasteiger partial charge in [0.15, 0.2) is 0 Å². The van der Waals surface area contributed by atoms with Crippen molar-refractivity contribution in [3.8, 4) is 17.4 Å². The van der Waals surface area contributed by atoms with E-state index in [1.807, 2.05) is 6.08 Å². The molecule has 0 saturated carbocycles. The molecule has 3 aromatic rings. The number of nitrogens with zero attached hydrogens (tertiary/aromatic N) is 1. The summed E-state index contributed by atoms with van der Waals surface area (Å²) in [5.74, 6) is 0.186. The molecule has 0 fully saturated rings. The Labute approximate surface area is 171 Å². The Morgan fingerprint density at radius 3 is 2.72 bits per heavy atom. The van der Waals surface area contributed by atoms with E-state index in [0.29, 0.717) is 34.7 Å². The number of aromatic hydroxyl groups is 1. The molecule has 1 aliphatic carbocycles. The van der Waals surface area contributed by atoms with E-state index < -0.39 is 11.7 Å². The third kappa shape index (κ3) is 3.88. The van der Waals surface area contributed by atoms with E-state index in [0.717, 1.165) is 35.1 Å². The highest BCUT2D eigenvalue weighted by Gasteiger charge is 2.31. The zero-order chi connectivity index (χ0) is 20.8. The lowest BCUT2D eigenvalue weighted by Gasteiger charge is -2.17. The number of aryl methyl sites for hydroxylation is 1. The number of pyridine rings is 1. The van der Waals surface area contributed by atoms with Gasteiger partial charge in [-0.05, 0) is 42.7 Å². The van der Waals surface area contributed by atoms with Crippen LogP contribution in [0.25, 0.3) is 5.57 Å². The first-order valence-electron chi connectivity index (χ1n) is 8.39. The van der Waals surface area contributed by atoms with Gasteiger partial charge in [0.25, 0.3) is 0 Å². The highest BCUT2D eigenvalue weighted by Crippen LogP contribution is 2.39. The average molecular weight is 441 g/mol. The first-order chi connectivity index (χ1) is 13.7. The molecule has 0 aliphatic heterocycles. The number of aromatic amines is 1. The van der Waals surface area contributed by atoms with Crippen molar-refractivity contribution in [2.75, 3.05) is 0 Å². The topological polar surface area (TPSA) is 75.2 Å². The number of hydrogen-bond acceptors (Lipinski definition) is 5. The highest BCUT2D eigenvalue weighted by atomic mass is 35.5. The number of rotatable bonds is 3. The van der Waals surface area contributed by atoms with Gasteiger partial charge < -0.3 is 9.84 Å². The van der Waals surface area contributed by atoms with Gasteiger partial charge in [0.05, 0.1) is 22.5 Å². The van der Waals surface area contributed by atoms with Crippen LogP contribution < -0.4 is 9.61 Å². The van der Waals surface area contributed by atoms with E-state index in [-0.39, 0.29) is 21.5 Å². The number of ether oxygens (including phenoxy) is 1. The molecule has 0 radical (unpaired) electrons. The monoisotopic (exact) mass is 440 g/mol. The molecule has 29 heavy (non-hydrogen) atoms. The minimum absolute atomic E-state index is 0.0782. The predicted octanol–water partition coefficient (Wildman–Crippen LogP) is 5.38. The molecule has 1 aliphatic rings. The van der Waals surface area contributed by atoms with Crippen molar-refractivity contribution in [3.05, 3.63) is 72.9 Å². The molecule has 0 bridgehead atoms. The maximum absolute atomic E-state index is 12.8. The second-order valence-electron chi connectivity index (χ2n) is 6.27.